The van der Waals surface area contributed by atoms with Crippen LogP contribution in [0.15, 0.2) is 42.9 Å². The van der Waals surface area contributed by atoms with Gasteiger partial charge in [0.25, 0.3) is 5.91 Å². The van der Waals surface area contributed by atoms with Crippen molar-refractivity contribution in [3.63, 3.8) is 0 Å². The molecule has 28 heavy (non-hydrogen) atoms. The summed E-state index contributed by atoms with van der Waals surface area (Å²) in [7, 11) is 0. The lowest BCUT2D eigenvalue weighted by molar-refractivity contribution is 0.0374. The van der Waals surface area contributed by atoms with Crippen LogP contribution in [0.1, 0.15) is 34.9 Å². The van der Waals surface area contributed by atoms with Gasteiger partial charge in [0, 0.05) is 19.3 Å². The molecule has 7 nitrogen and oxygen atoms in total. The first-order chi connectivity index (χ1) is 13.6. The average Bonchev–Trinajstić information content (AvgIpc) is 3.44. The quantitative estimate of drug-likeness (QED) is 0.718. The normalized spacial score (nSPS) is 26.9. The van der Waals surface area contributed by atoms with Gasteiger partial charge >= 0.3 is 0 Å². The van der Waals surface area contributed by atoms with Crippen molar-refractivity contribution in [2.24, 2.45) is 11.8 Å². The van der Waals surface area contributed by atoms with Gasteiger partial charge in [-0.2, -0.15) is 5.26 Å². The first kappa shape index (κ1) is 17.0. The van der Waals surface area contributed by atoms with E-state index in [1.807, 2.05) is 41.6 Å². The molecule has 3 aromatic rings. The van der Waals surface area contributed by atoms with E-state index in [-0.39, 0.29) is 11.9 Å². The highest BCUT2D eigenvalue weighted by Gasteiger charge is 2.44. The predicted molar refractivity (Wildman–Crippen MR) is 102 cm³/mol. The van der Waals surface area contributed by atoms with E-state index in [4.69, 9.17) is 5.26 Å². The second kappa shape index (κ2) is 6.50. The molecule has 2 N–H and O–H groups in total. The molecule has 5 rings (SSSR count). The molecular formula is C21H21N5O2. The van der Waals surface area contributed by atoms with Crippen molar-refractivity contribution in [1.82, 2.24) is 19.4 Å². The number of H-pyrrole nitrogens is 1. The number of nitrogens with one attached hydrogen (secondary N) is 1. The SMILES string of the molecule is N#Cc1c[nH]c(C(=O)N2C[C@H]3C[C@@H](n4cnc5ccccc54)[C@H](O)C[C@H]3C2)c1. The lowest BCUT2D eigenvalue weighted by Crippen LogP contribution is -2.36. The minimum absolute atomic E-state index is 0.0284. The molecule has 2 fully saturated rings. The summed E-state index contributed by atoms with van der Waals surface area (Å²) in [6, 6.07) is 11.6. The van der Waals surface area contributed by atoms with Gasteiger partial charge in [0.1, 0.15) is 11.8 Å². The zero-order valence-electron chi connectivity index (χ0n) is 15.3. The van der Waals surface area contributed by atoms with Gasteiger partial charge in [-0.05, 0) is 42.9 Å². The summed E-state index contributed by atoms with van der Waals surface area (Å²) in [6.07, 6.45) is 4.42. The van der Waals surface area contributed by atoms with Gasteiger partial charge in [0.15, 0.2) is 0 Å². The Morgan fingerprint density at radius 1 is 1.25 bits per heavy atom. The number of para-hydroxylation sites is 2. The van der Waals surface area contributed by atoms with Crippen LogP contribution in [0, 0.1) is 23.2 Å². The summed E-state index contributed by atoms with van der Waals surface area (Å²) in [5.41, 5.74) is 2.88. The highest BCUT2D eigenvalue weighted by atomic mass is 16.3. The number of nitrogens with zero attached hydrogens (tertiary/aromatic N) is 4. The van der Waals surface area contributed by atoms with Gasteiger partial charge in [0.05, 0.1) is 35.1 Å². The number of carbonyl (C=O) groups is 1. The van der Waals surface area contributed by atoms with Crippen molar-refractivity contribution in [3.05, 3.63) is 54.1 Å². The molecule has 0 unspecified atom stereocenters. The van der Waals surface area contributed by atoms with Gasteiger partial charge in [-0.15, -0.1) is 0 Å². The Hall–Kier alpha value is -3.11. The number of hydrogen-bond acceptors (Lipinski definition) is 4. The number of aliphatic hydroxyl groups is 1. The summed E-state index contributed by atoms with van der Waals surface area (Å²) in [6.45, 7) is 1.33. The van der Waals surface area contributed by atoms with E-state index in [0.717, 1.165) is 17.5 Å². The third-order valence-electron chi connectivity index (χ3n) is 6.28. The monoisotopic (exact) mass is 375 g/mol. The summed E-state index contributed by atoms with van der Waals surface area (Å²) in [4.78, 5) is 22.0. The van der Waals surface area contributed by atoms with Crippen LogP contribution in [0.5, 0.6) is 0 Å². The fourth-order valence-electron chi connectivity index (χ4n) is 4.87. The Bertz CT molecular complexity index is 1080. The Morgan fingerprint density at radius 3 is 2.82 bits per heavy atom. The molecule has 1 saturated carbocycles. The third-order valence-corrected chi connectivity index (χ3v) is 6.28. The number of imidazole rings is 1. The highest BCUT2D eigenvalue weighted by molar-refractivity contribution is 5.93. The highest BCUT2D eigenvalue weighted by Crippen LogP contribution is 2.42. The van der Waals surface area contributed by atoms with Gasteiger partial charge in [-0.1, -0.05) is 12.1 Å². The molecule has 1 aromatic carbocycles. The molecule has 1 saturated heterocycles. The van der Waals surface area contributed by atoms with Crippen LogP contribution < -0.4 is 0 Å². The maximum atomic E-state index is 12.8. The van der Waals surface area contributed by atoms with Gasteiger partial charge in [0.2, 0.25) is 0 Å². The number of carbonyl (C=O) groups excluding carboxylic acids is 1. The van der Waals surface area contributed by atoms with E-state index < -0.39 is 6.10 Å². The number of aromatic nitrogens is 3. The third kappa shape index (κ3) is 2.69. The number of nitriles is 1. The lowest BCUT2D eigenvalue weighted by Gasteiger charge is -2.36. The van der Waals surface area contributed by atoms with Crippen molar-refractivity contribution in [2.45, 2.75) is 25.0 Å². The second-order valence-corrected chi connectivity index (χ2v) is 7.89. The van der Waals surface area contributed by atoms with Crippen LogP contribution in [0.2, 0.25) is 0 Å². The Labute approximate surface area is 162 Å². The molecule has 0 spiro atoms. The molecule has 0 radical (unpaired) electrons. The maximum Gasteiger partial charge on any atom is 0.270 e. The number of aromatic amines is 1. The van der Waals surface area contributed by atoms with Crippen molar-refractivity contribution < 1.29 is 9.90 Å². The zero-order chi connectivity index (χ0) is 19.3. The molecule has 2 aliphatic rings. The Balaban J connectivity index is 1.35. The average molecular weight is 375 g/mol. The van der Waals surface area contributed by atoms with Gasteiger partial charge in [-0.3, -0.25) is 4.79 Å². The van der Waals surface area contributed by atoms with Crippen LogP contribution in [-0.2, 0) is 0 Å². The van der Waals surface area contributed by atoms with Crippen molar-refractivity contribution in [3.8, 4) is 6.07 Å². The number of likely N-dealkylation sites (tertiary alicyclic amines) is 1. The van der Waals surface area contributed by atoms with E-state index in [9.17, 15) is 9.90 Å². The molecule has 3 heterocycles. The first-order valence-electron chi connectivity index (χ1n) is 9.61. The smallest absolute Gasteiger partial charge is 0.270 e. The number of amides is 1. The van der Waals surface area contributed by atoms with Crippen molar-refractivity contribution >= 4 is 16.9 Å². The van der Waals surface area contributed by atoms with E-state index in [2.05, 4.69) is 14.5 Å². The van der Waals surface area contributed by atoms with Crippen molar-refractivity contribution in [1.29, 1.82) is 5.26 Å². The van der Waals surface area contributed by atoms with Gasteiger partial charge in [-0.25, -0.2) is 4.98 Å². The van der Waals surface area contributed by atoms with Crippen LogP contribution in [0.4, 0.5) is 0 Å². The maximum absolute atomic E-state index is 12.8. The predicted octanol–water partition coefficient (Wildman–Crippen LogP) is 2.32. The molecule has 1 aliphatic heterocycles. The topological polar surface area (TPSA) is 97.9 Å². The molecule has 7 heteroatoms. The van der Waals surface area contributed by atoms with Crippen LogP contribution in [0.3, 0.4) is 0 Å². The van der Waals surface area contributed by atoms with Crippen LogP contribution in [-0.4, -0.2) is 49.6 Å². The second-order valence-electron chi connectivity index (χ2n) is 7.89. The Kier molecular flexibility index (Phi) is 3.95. The fraction of sp³-hybridized carbons (Fsp3) is 0.381. The molecule has 1 amide bonds. The van der Waals surface area contributed by atoms with Crippen molar-refractivity contribution in [2.75, 3.05) is 13.1 Å². The van der Waals surface area contributed by atoms with E-state index in [0.29, 0.717) is 42.6 Å². The lowest BCUT2D eigenvalue weighted by atomic mass is 9.77. The number of aliphatic hydroxyl groups excluding tert-OH is 1. The zero-order valence-corrected chi connectivity index (χ0v) is 15.3. The minimum atomic E-state index is -0.454. The molecular weight excluding hydrogens is 354 g/mol. The first-order valence-corrected chi connectivity index (χ1v) is 9.61. The molecule has 0 bridgehead atoms. The standard InChI is InChI=1S/C21H21N5O2/c22-8-13-5-17(23-9-13)21(28)25-10-14-6-19(20(27)7-15(14)11-25)26-12-24-16-3-1-2-4-18(16)26/h1-5,9,12,14-15,19-20,23,27H,6-7,10-11H2/t14-,15+,19-,20-/m1/s1. The summed E-state index contributed by atoms with van der Waals surface area (Å²) in [5, 5.41) is 19.8. The number of benzene rings is 1. The number of rotatable bonds is 2. The van der Waals surface area contributed by atoms with E-state index in [1.165, 1.54) is 0 Å². The van der Waals surface area contributed by atoms with Crippen LogP contribution >= 0.6 is 0 Å². The van der Waals surface area contributed by atoms with Gasteiger partial charge < -0.3 is 19.6 Å². The molecule has 1 aliphatic carbocycles. The largest absolute Gasteiger partial charge is 0.391 e. The molecule has 4 atom stereocenters. The summed E-state index contributed by atoms with van der Waals surface area (Å²) < 4.78 is 2.09. The molecule has 142 valence electrons. The number of hydrogen-bond donors (Lipinski definition) is 2. The molecule has 2 aromatic heterocycles. The van der Waals surface area contributed by atoms with E-state index >= 15 is 0 Å². The number of fused-ring (bicyclic) bond motifs is 2. The summed E-state index contributed by atoms with van der Waals surface area (Å²) >= 11 is 0. The van der Waals surface area contributed by atoms with Crippen LogP contribution in [0.25, 0.3) is 11.0 Å². The fourth-order valence-corrected chi connectivity index (χ4v) is 4.87. The minimum Gasteiger partial charge on any atom is -0.391 e. The summed E-state index contributed by atoms with van der Waals surface area (Å²) in [5.74, 6) is 0.578. The Morgan fingerprint density at radius 2 is 2.04 bits per heavy atom. The van der Waals surface area contributed by atoms with E-state index in [1.54, 1.807) is 12.3 Å².